The van der Waals surface area contributed by atoms with Gasteiger partial charge >= 0.3 is 0 Å². The molecule has 0 aliphatic carbocycles. The summed E-state index contributed by atoms with van der Waals surface area (Å²) in [7, 11) is 1.59. The molecule has 0 aliphatic rings. The third-order valence-corrected chi connectivity index (χ3v) is 2.23. The summed E-state index contributed by atoms with van der Waals surface area (Å²) in [6, 6.07) is 2.33. The summed E-state index contributed by atoms with van der Waals surface area (Å²) < 4.78 is 13.5. The highest BCUT2D eigenvalue weighted by molar-refractivity contribution is 5.99. The molecule has 1 aromatic carbocycles. The molecule has 0 spiro atoms. The lowest BCUT2D eigenvalue weighted by molar-refractivity contribution is 0.100. The third kappa shape index (κ3) is 2.40. The first kappa shape index (κ1) is 12.3. The number of anilines is 2. The number of aliphatic hydroxyl groups is 1. The largest absolute Gasteiger partial charge is 0.398 e. The van der Waals surface area contributed by atoms with Gasteiger partial charge in [-0.05, 0) is 12.1 Å². The summed E-state index contributed by atoms with van der Waals surface area (Å²) in [5.74, 6) is -1.27. The zero-order valence-corrected chi connectivity index (χ0v) is 8.90. The number of likely N-dealkylation sites (N-methyl/N-ethyl adjacent to an activating group) is 1. The maximum atomic E-state index is 13.5. The lowest BCUT2D eigenvalue weighted by Gasteiger charge is -2.19. The molecule has 88 valence electrons. The Balaban J connectivity index is 3.19. The minimum absolute atomic E-state index is 0.00569. The van der Waals surface area contributed by atoms with E-state index in [2.05, 4.69) is 0 Å². The molecule has 5 N–H and O–H groups in total. The predicted molar refractivity (Wildman–Crippen MR) is 59.7 cm³/mol. The number of rotatable bonds is 4. The number of carbonyl (C=O) groups is 1. The average molecular weight is 227 g/mol. The molecule has 0 aliphatic heterocycles. The van der Waals surface area contributed by atoms with Crippen LogP contribution in [0.2, 0.25) is 0 Å². The molecule has 0 saturated carbocycles. The minimum atomic E-state index is -0.712. The molecule has 6 heteroatoms. The number of aliphatic hydroxyl groups excluding tert-OH is 1. The molecule has 1 aromatic rings. The first-order valence-electron chi connectivity index (χ1n) is 4.68. The van der Waals surface area contributed by atoms with Gasteiger partial charge in [-0.1, -0.05) is 0 Å². The fourth-order valence-corrected chi connectivity index (χ4v) is 1.35. The molecule has 1 rings (SSSR count). The summed E-state index contributed by atoms with van der Waals surface area (Å²) in [6.45, 7) is 0.130. The van der Waals surface area contributed by atoms with E-state index in [9.17, 15) is 9.18 Å². The fourth-order valence-electron chi connectivity index (χ4n) is 1.35. The zero-order valence-electron chi connectivity index (χ0n) is 8.90. The van der Waals surface area contributed by atoms with Crippen molar-refractivity contribution in [3.05, 3.63) is 23.5 Å². The van der Waals surface area contributed by atoms with E-state index in [1.807, 2.05) is 0 Å². The van der Waals surface area contributed by atoms with Gasteiger partial charge < -0.3 is 21.5 Å². The number of hydrogen-bond acceptors (Lipinski definition) is 4. The van der Waals surface area contributed by atoms with Gasteiger partial charge in [0.2, 0.25) is 0 Å². The molecule has 0 unspecified atom stereocenters. The monoisotopic (exact) mass is 227 g/mol. The Bertz CT molecular complexity index is 409. The number of amides is 1. The van der Waals surface area contributed by atoms with Gasteiger partial charge in [-0.15, -0.1) is 0 Å². The van der Waals surface area contributed by atoms with E-state index in [1.165, 1.54) is 11.0 Å². The molecular formula is C10H14FN3O2. The van der Waals surface area contributed by atoms with Crippen LogP contribution in [-0.2, 0) is 0 Å². The summed E-state index contributed by atoms with van der Waals surface area (Å²) >= 11 is 0. The molecule has 0 radical (unpaired) electrons. The average Bonchev–Trinajstić information content (AvgIpc) is 2.17. The highest BCUT2D eigenvalue weighted by Crippen LogP contribution is 2.24. The normalized spacial score (nSPS) is 10.2. The highest BCUT2D eigenvalue weighted by atomic mass is 19.1. The van der Waals surface area contributed by atoms with E-state index < -0.39 is 11.7 Å². The van der Waals surface area contributed by atoms with Gasteiger partial charge in [-0.25, -0.2) is 4.39 Å². The number of nitrogen functional groups attached to an aromatic ring is 1. The van der Waals surface area contributed by atoms with Gasteiger partial charge in [-0.3, -0.25) is 4.79 Å². The molecule has 0 atom stereocenters. The summed E-state index contributed by atoms with van der Waals surface area (Å²) in [4.78, 5) is 12.5. The third-order valence-electron chi connectivity index (χ3n) is 2.23. The Morgan fingerprint density at radius 3 is 2.69 bits per heavy atom. The number of hydrogen-bond donors (Lipinski definition) is 3. The number of nitrogens with zero attached hydrogens (tertiary/aromatic N) is 1. The van der Waals surface area contributed by atoms with Crippen LogP contribution in [0, 0.1) is 5.82 Å². The number of carbonyl (C=O) groups excluding carboxylic acids is 1. The molecule has 0 saturated heterocycles. The van der Waals surface area contributed by atoms with E-state index in [0.29, 0.717) is 0 Å². The standard InChI is InChI=1S/C10H14FN3O2/c1-14(2-3-15)9-4-6(10(13)16)8(12)5-7(9)11/h4-5,15H,2-3,12H2,1H3,(H2,13,16). The molecule has 0 heterocycles. The Kier molecular flexibility index (Phi) is 3.68. The van der Waals surface area contributed by atoms with Crippen molar-refractivity contribution in [1.82, 2.24) is 0 Å². The van der Waals surface area contributed by atoms with Crippen LogP contribution in [0.4, 0.5) is 15.8 Å². The Labute approximate surface area is 92.5 Å². The van der Waals surface area contributed by atoms with Gasteiger partial charge in [0.1, 0.15) is 5.82 Å². The maximum absolute atomic E-state index is 13.5. The van der Waals surface area contributed by atoms with Crippen LogP contribution in [-0.4, -0.2) is 31.2 Å². The number of nitrogens with two attached hydrogens (primary N) is 2. The van der Waals surface area contributed by atoms with Crippen molar-refractivity contribution >= 4 is 17.3 Å². The molecule has 16 heavy (non-hydrogen) atoms. The molecule has 0 fully saturated rings. The van der Waals surface area contributed by atoms with E-state index in [1.54, 1.807) is 7.05 Å². The smallest absolute Gasteiger partial charge is 0.250 e. The van der Waals surface area contributed by atoms with Gasteiger partial charge in [0.05, 0.1) is 17.9 Å². The van der Waals surface area contributed by atoms with E-state index in [0.717, 1.165) is 6.07 Å². The zero-order chi connectivity index (χ0) is 12.3. The van der Waals surface area contributed by atoms with Crippen molar-refractivity contribution in [1.29, 1.82) is 0 Å². The highest BCUT2D eigenvalue weighted by Gasteiger charge is 2.14. The second-order valence-corrected chi connectivity index (χ2v) is 3.40. The van der Waals surface area contributed by atoms with Crippen LogP contribution in [0.3, 0.4) is 0 Å². The predicted octanol–water partition coefficient (Wildman–Crippen LogP) is -0.0647. The van der Waals surface area contributed by atoms with Crippen LogP contribution in [0.25, 0.3) is 0 Å². The maximum Gasteiger partial charge on any atom is 0.250 e. The molecule has 1 amide bonds. The molecule has 0 bridgehead atoms. The van der Waals surface area contributed by atoms with Gasteiger partial charge in [0.15, 0.2) is 0 Å². The lowest BCUT2D eigenvalue weighted by atomic mass is 10.1. The van der Waals surface area contributed by atoms with Crippen molar-refractivity contribution in [2.75, 3.05) is 30.8 Å². The Morgan fingerprint density at radius 2 is 2.19 bits per heavy atom. The number of benzene rings is 1. The Morgan fingerprint density at radius 1 is 1.56 bits per heavy atom. The van der Waals surface area contributed by atoms with Crippen LogP contribution in [0.1, 0.15) is 10.4 Å². The van der Waals surface area contributed by atoms with E-state index >= 15 is 0 Å². The van der Waals surface area contributed by atoms with Crippen LogP contribution < -0.4 is 16.4 Å². The fraction of sp³-hybridized carbons (Fsp3) is 0.300. The quantitative estimate of drug-likeness (QED) is 0.628. The van der Waals surface area contributed by atoms with Crippen LogP contribution in [0.5, 0.6) is 0 Å². The molecule has 0 aromatic heterocycles. The van der Waals surface area contributed by atoms with E-state index in [-0.39, 0.29) is 30.1 Å². The van der Waals surface area contributed by atoms with Crippen molar-refractivity contribution in [2.24, 2.45) is 5.73 Å². The Hall–Kier alpha value is -1.82. The summed E-state index contributed by atoms with van der Waals surface area (Å²) in [6.07, 6.45) is 0. The topological polar surface area (TPSA) is 92.6 Å². The second kappa shape index (κ2) is 4.80. The van der Waals surface area contributed by atoms with Crippen molar-refractivity contribution in [2.45, 2.75) is 0 Å². The lowest BCUT2D eigenvalue weighted by Crippen LogP contribution is -2.23. The SMILES string of the molecule is CN(CCO)c1cc(C(N)=O)c(N)cc1F. The van der Waals surface area contributed by atoms with Gasteiger partial charge in [-0.2, -0.15) is 0 Å². The summed E-state index contributed by atoms with van der Waals surface area (Å²) in [5, 5.41) is 8.74. The van der Waals surface area contributed by atoms with Crippen LogP contribution in [0.15, 0.2) is 12.1 Å². The van der Waals surface area contributed by atoms with Gasteiger partial charge in [0.25, 0.3) is 5.91 Å². The summed E-state index contributed by atoms with van der Waals surface area (Å²) in [5.41, 5.74) is 10.8. The number of halogens is 1. The van der Waals surface area contributed by atoms with E-state index in [4.69, 9.17) is 16.6 Å². The number of primary amides is 1. The minimum Gasteiger partial charge on any atom is -0.398 e. The van der Waals surface area contributed by atoms with Crippen molar-refractivity contribution in [3.63, 3.8) is 0 Å². The van der Waals surface area contributed by atoms with Crippen LogP contribution >= 0.6 is 0 Å². The first-order valence-corrected chi connectivity index (χ1v) is 4.68. The van der Waals surface area contributed by atoms with Crippen molar-refractivity contribution < 1.29 is 14.3 Å². The molecule has 5 nitrogen and oxygen atoms in total. The van der Waals surface area contributed by atoms with Gasteiger partial charge in [0, 0.05) is 19.3 Å². The second-order valence-electron chi connectivity index (χ2n) is 3.40. The first-order chi connectivity index (χ1) is 7.47. The van der Waals surface area contributed by atoms with Crippen molar-refractivity contribution in [3.8, 4) is 0 Å². The molecular weight excluding hydrogens is 213 g/mol.